The minimum absolute atomic E-state index is 0.141. The largest absolute Gasteiger partial charge is 0.310 e. The Morgan fingerprint density at radius 2 is 0.778 bits per heavy atom. The average Bonchev–Trinajstić information content (AvgIpc) is 3.58. The Hall–Kier alpha value is -7.94. The fourth-order valence-electron chi connectivity index (χ4n) is 9.74. The molecule has 10 aromatic carbocycles. The Morgan fingerprint density at radius 3 is 1.44 bits per heavy atom. The zero-order valence-electron chi connectivity index (χ0n) is 35.5. The zero-order valence-corrected chi connectivity index (χ0v) is 35.5. The van der Waals surface area contributed by atoms with Gasteiger partial charge in [0.2, 0.25) is 0 Å². The lowest BCUT2D eigenvalue weighted by molar-refractivity contribution is 0.660. The molecule has 0 saturated heterocycles. The zero-order chi connectivity index (χ0) is 42.3. The Balaban J connectivity index is 1.05. The van der Waals surface area contributed by atoms with E-state index in [1.54, 1.807) is 0 Å². The summed E-state index contributed by atoms with van der Waals surface area (Å²) < 4.78 is 0. The third kappa shape index (κ3) is 6.87. The molecule has 1 aliphatic carbocycles. The molecule has 0 heterocycles. The summed E-state index contributed by atoms with van der Waals surface area (Å²) >= 11 is 0. The van der Waals surface area contributed by atoms with Crippen LogP contribution in [0.4, 0.5) is 34.1 Å². The van der Waals surface area contributed by atoms with E-state index in [0.29, 0.717) is 0 Å². The van der Waals surface area contributed by atoms with Crippen molar-refractivity contribution in [3.63, 3.8) is 0 Å². The topological polar surface area (TPSA) is 6.48 Å². The normalized spacial score (nSPS) is 12.4. The number of hydrogen-bond acceptors (Lipinski definition) is 2. The molecule has 0 spiro atoms. The fraction of sp³-hybridized carbons (Fsp3) is 0.0492. The van der Waals surface area contributed by atoms with E-state index in [1.807, 2.05) is 0 Å². The maximum Gasteiger partial charge on any atom is 0.0546 e. The van der Waals surface area contributed by atoms with Gasteiger partial charge >= 0.3 is 0 Å². The van der Waals surface area contributed by atoms with Crippen LogP contribution in [0.3, 0.4) is 0 Å². The van der Waals surface area contributed by atoms with Gasteiger partial charge in [0.05, 0.1) is 5.69 Å². The summed E-state index contributed by atoms with van der Waals surface area (Å²) in [5, 5.41) is 2.44. The Bertz CT molecular complexity index is 3220. The van der Waals surface area contributed by atoms with Gasteiger partial charge in [-0.05, 0) is 134 Å². The molecular weight excluding hydrogens is 761 g/mol. The number of para-hydroxylation sites is 2. The number of anilines is 6. The van der Waals surface area contributed by atoms with Gasteiger partial charge in [-0.2, -0.15) is 0 Å². The van der Waals surface area contributed by atoms with E-state index in [1.165, 1.54) is 49.7 Å². The molecule has 11 rings (SSSR count). The molecular formula is C61H46N2. The number of benzene rings is 10. The lowest BCUT2D eigenvalue weighted by atomic mass is 9.82. The number of hydrogen-bond donors (Lipinski definition) is 0. The Morgan fingerprint density at radius 1 is 0.302 bits per heavy atom. The van der Waals surface area contributed by atoms with Crippen molar-refractivity contribution in [2.24, 2.45) is 0 Å². The van der Waals surface area contributed by atoms with Crippen LogP contribution in [-0.2, 0) is 5.41 Å². The standard InChI is InChI=1S/C61H46N2/c1-61(2)57-34-15-14-33-55(57)56-37-36-53(42-58(56)61)63(59-38-35-43-19-12-13-32-54(43)60(59)44-20-6-3-7-21-44)52-31-18-25-48(41-52)46-23-16-22-45(39-46)47-24-17-30-51(40-47)62(49-26-8-4-9-27-49)50-28-10-5-11-29-50/h3-42H,1-2H3. The van der Waals surface area contributed by atoms with Crippen molar-refractivity contribution in [3.8, 4) is 44.5 Å². The lowest BCUT2D eigenvalue weighted by Gasteiger charge is -2.30. The van der Waals surface area contributed by atoms with E-state index in [2.05, 4.69) is 266 Å². The maximum absolute atomic E-state index is 2.48. The van der Waals surface area contributed by atoms with E-state index >= 15 is 0 Å². The molecule has 0 N–H and O–H groups in total. The third-order valence-corrected chi connectivity index (χ3v) is 12.8. The lowest BCUT2D eigenvalue weighted by Crippen LogP contribution is -2.17. The Labute approximate surface area is 370 Å². The van der Waals surface area contributed by atoms with E-state index in [-0.39, 0.29) is 5.41 Å². The van der Waals surface area contributed by atoms with Crippen LogP contribution in [0.25, 0.3) is 55.3 Å². The minimum Gasteiger partial charge on any atom is -0.310 e. The van der Waals surface area contributed by atoms with E-state index in [9.17, 15) is 0 Å². The van der Waals surface area contributed by atoms with Crippen molar-refractivity contribution in [2.75, 3.05) is 9.80 Å². The minimum atomic E-state index is -0.141. The van der Waals surface area contributed by atoms with Gasteiger partial charge < -0.3 is 9.80 Å². The van der Waals surface area contributed by atoms with Gasteiger partial charge in [0.15, 0.2) is 0 Å². The first-order valence-electron chi connectivity index (χ1n) is 21.8. The van der Waals surface area contributed by atoms with E-state index in [0.717, 1.165) is 50.8 Å². The van der Waals surface area contributed by atoms with Gasteiger partial charge in [0.1, 0.15) is 0 Å². The molecule has 0 aliphatic heterocycles. The first kappa shape index (κ1) is 38.0. The van der Waals surface area contributed by atoms with Crippen molar-refractivity contribution in [1.29, 1.82) is 0 Å². The van der Waals surface area contributed by atoms with Crippen molar-refractivity contribution < 1.29 is 0 Å². The second-order valence-electron chi connectivity index (χ2n) is 17.0. The van der Waals surface area contributed by atoms with Crippen LogP contribution >= 0.6 is 0 Å². The van der Waals surface area contributed by atoms with E-state index in [4.69, 9.17) is 0 Å². The number of rotatable bonds is 9. The van der Waals surface area contributed by atoms with Gasteiger partial charge in [-0.25, -0.2) is 0 Å². The molecule has 0 atom stereocenters. The predicted octanol–water partition coefficient (Wildman–Crippen LogP) is 17.1. The summed E-state index contributed by atoms with van der Waals surface area (Å²) in [6.07, 6.45) is 0. The number of fused-ring (bicyclic) bond motifs is 4. The average molecular weight is 807 g/mol. The summed E-state index contributed by atoms with van der Waals surface area (Å²) in [5.41, 5.74) is 19.0. The fourth-order valence-corrected chi connectivity index (χ4v) is 9.74. The van der Waals surface area contributed by atoms with Crippen LogP contribution in [-0.4, -0.2) is 0 Å². The molecule has 2 nitrogen and oxygen atoms in total. The summed E-state index contributed by atoms with van der Waals surface area (Å²) in [7, 11) is 0. The summed E-state index contributed by atoms with van der Waals surface area (Å²) in [4.78, 5) is 4.80. The SMILES string of the molecule is CC1(C)c2ccccc2-c2ccc(N(c3cccc(-c4cccc(-c5cccc(N(c6ccccc6)c6ccccc6)c5)c4)c3)c3ccc4ccccc4c3-c3ccccc3)cc21. The van der Waals surface area contributed by atoms with Gasteiger partial charge in [-0.3, -0.25) is 0 Å². The molecule has 0 saturated carbocycles. The highest BCUT2D eigenvalue weighted by molar-refractivity contribution is 6.05. The predicted molar refractivity (Wildman–Crippen MR) is 267 cm³/mol. The maximum atomic E-state index is 2.48. The summed E-state index contributed by atoms with van der Waals surface area (Å²) in [5.74, 6) is 0. The number of nitrogens with zero attached hydrogens (tertiary/aromatic N) is 2. The van der Waals surface area contributed by atoms with Gasteiger partial charge in [-0.15, -0.1) is 0 Å². The van der Waals surface area contributed by atoms with Gasteiger partial charge in [0.25, 0.3) is 0 Å². The van der Waals surface area contributed by atoms with Crippen LogP contribution in [0.15, 0.2) is 243 Å². The van der Waals surface area contributed by atoms with Crippen molar-refractivity contribution in [1.82, 2.24) is 0 Å². The molecule has 63 heavy (non-hydrogen) atoms. The third-order valence-electron chi connectivity index (χ3n) is 12.8. The first-order chi connectivity index (χ1) is 31.0. The summed E-state index contributed by atoms with van der Waals surface area (Å²) in [6, 6.07) is 88.3. The highest BCUT2D eigenvalue weighted by Gasteiger charge is 2.36. The molecule has 0 fully saturated rings. The smallest absolute Gasteiger partial charge is 0.0546 e. The summed E-state index contributed by atoms with van der Waals surface area (Å²) in [6.45, 7) is 4.72. The van der Waals surface area contributed by atoms with Crippen molar-refractivity contribution in [3.05, 3.63) is 254 Å². The molecule has 300 valence electrons. The molecule has 0 unspecified atom stereocenters. The van der Waals surface area contributed by atoms with Gasteiger partial charge in [0, 0.05) is 39.4 Å². The van der Waals surface area contributed by atoms with E-state index < -0.39 is 0 Å². The molecule has 0 aromatic heterocycles. The van der Waals surface area contributed by atoms with Gasteiger partial charge in [-0.1, -0.05) is 184 Å². The van der Waals surface area contributed by atoms with Crippen LogP contribution < -0.4 is 9.80 Å². The van der Waals surface area contributed by atoms with Crippen molar-refractivity contribution >= 4 is 44.9 Å². The highest BCUT2D eigenvalue weighted by Crippen LogP contribution is 2.52. The molecule has 10 aromatic rings. The second-order valence-corrected chi connectivity index (χ2v) is 17.0. The highest BCUT2D eigenvalue weighted by atomic mass is 15.1. The second kappa shape index (κ2) is 15.8. The Kier molecular flexibility index (Phi) is 9.55. The molecule has 1 aliphatic rings. The first-order valence-corrected chi connectivity index (χ1v) is 21.8. The van der Waals surface area contributed by atoms with Crippen LogP contribution in [0.2, 0.25) is 0 Å². The van der Waals surface area contributed by atoms with Crippen LogP contribution in [0.5, 0.6) is 0 Å². The molecule has 0 amide bonds. The van der Waals surface area contributed by atoms with Crippen molar-refractivity contribution in [2.45, 2.75) is 19.3 Å². The quantitative estimate of drug-likeness (QED) is 0.143. The van der Waals surface area contributed by atoms with Crippen LogP contribution in [0, 0.1) is 0 Å². The monoisotopic (exact) mass is 806 g/mol. The molecule has 2 heteroatoms. The molecule has 0 bridgehead atoms. The molecule has 0 radical (unpaired) electrons. The van der Waals surface area contributed by atoms with Crippen LogP contribution in [0.1, 0.15) is 25.0 Å².